The summed E-state index contributed by atoms with van der Waals surface area (Å²) in [5.74, 6) is -1.13. The number of carbonyl (C=O) groups is 3. The molecule has 10 N–H and O–H groups in total. The molecule has 53 heavy (non-hydrogen) atoms. The fourth-order valence-corrected chi connectivity index (χ4v) is 7.93. The highest BCUT2D eigenvalue weighted by molar-refractivity contribution is 8.14. The van der Waals surface area contributed by atoms with E-state index < -0.39 is 84.6 Å². The molecular formula is C25H40N7O17P3S. The SMILES string of the molecule is C/C=C/C(=O)SCCNC(=O)CCNC(=O)[C@H](O)C(C)(C)COP(=O)(O)OP(=O)(O)OC[C@H]1O[C@@H](n2cnc3c(N)ncnc32)[C@@H](O)C1OP(=O)(O)O. The molecule has 1 fully saturated rings. The van der Waals surface area contributed by atoms with Gasteiger partial charge in [0.1, 0.15) is 36.3 Å². The number of nitrogens with zero attached hydrogens (tertiary/aromatic N) is 4. The molecule has 0 saturated carbocycles. The maximum atomic E-state index is 12.6. The second kappa shape index (κ2) is 18.8. The number of rotatable bonds is 20. The van der Waals surface area contributed by atoms with Crippen LogP contribution in [0.2, 0.25) is 0 Å². The molecule has 0 aliphatic carbocycles. The minimum atomic E-state index is -5.56. The molecule has 298 valence electrons. The fraction of sp³-hybridized carbons (Fsp3) is 0.600. The molecule has 0 spiro atoms. The van der Waals surface area contributed by atoms with Crippen molar-refractivity contribution >= 4 is 69.1 Å². The Labute approximate surface area is 305 Å². The highest BCUT2D eigenvalue weighted by atomic mass is 32.2. The van der Waals surface area contributed by atoms with Crippen molar-refractivity contribution in [2.75, 3.05) is 37.8 Å². The van der Waals surface area contributed by atoms with Crippen molar-refractivity contribution in [1.82, 2.24) is 30.2 Å². The van der Waals surface area contributed by atoms with Crippen LogP contribution in [0.15, 0.2) is 24.8 Å². The summed E-state index contributed by atoms with van der Waals surface area (Å²) in [6.45, 7) is 2.17. The Morgan fingerprint density at radius 2 is 1.77 bits per heavy atom. The normalized spacial score (nSPS) is 22.4. The third-order valence-corrected chi connectivity index (χ3v) is 11.0. The third kappa shape index (κ3) is 13.5. The number of amides is 2. The molecule has 7 atom stereocenters. The molecule has 2 amide bonds. The van der Waals surface area contributed by atoms with Gasteiger partial charge in [0.25, 0.3) is 0 Å². The Morgan fingerprint density at radius 1 is 1.09 bits per heavy atom. The summed E-state index contributed by atoms with van der Waals surface area (Å²) in [5.41, 5.74) is 4.26. The van der Waals surface area contributed by atoms with Gasteiger partial charge in [0.2, 0.25) is 16.9 Å². The number of hydrogen-bond acceptors (Lipinski definition) is 18. The summed E-state index contributed by atoms with van der Waals surface area (Å²) in [5, 5.41) is 26.1. The second-order valence-corrected chi connectivity index (χ2v) is 17.1. The Hall–Kier alpha value is -2.70. The summed E-state index contributed by atoms with van der Waals surface area (Å²) < 4.78 is 61.9. The molecule has 0 bridgehead atoms. The standard InChI is InChI=1S/C25H40N7O17P3S/c1-4-5-16(34)53-9-8-27-15(33)6-7-28-23(37)20(36)25(2,3)11-46-52(43,44)49-51(41,42)45-10-14-19(48-50(38,39)40)18(35)24(47-14)32-13-31-17-21(26)29-12-30-22(17)32/h4-5,12-14,18-20,24,35-36H,6-11H2,1-3H3,(H,27,33)(H,28,37)(H,41,42)(H,43,44)(H2,26,29,30)(H2,38,39,40)/b5-4+/t14-,18+,19?,20+,24-/m1/s1. The van der Waals surface area contributed by atoms with Gasteiger partial charge < -0.3 is 50.9 Å². The molecule has 0 radical (unpaired) electrons. The van der Waals surface area contributed by atoms with Gasteiger partial charge in [0, 0.05) is 30.7 Å². The molecule has 28 heteroatoms. The van der Waals surface area contributed by atoms with E-state index >= 15 is 0 Å². The van der Waals surface area contributed by atoms with Crippen molar-refractivity contribution in [3.05, 3.63) is 24.8 Å². The molecular weight excluding hydrogens is 795 g/mol. The molecule has 2 aromatic rings. The second-order valence-electron chi connectivity index (χ2n) is 11.7. The van der Waals surface area contributed by atoms with Gasteiger partial charge in [0.05, 0.1) is 19.5 Å². The number of ether oxygens (including phenoxy) is 1. The van der Waals surface area contributed by atoms with E-state index in [0.717, 1.165) is 29.0 Å². The molecule has 0 aromatic carbocycles. The number of allylic oxidation sites excluding steroid dienone is 1. The van der Waals surface area contributed by atoms with Gasteiger partial charge in [0.15, 0.2) is 17.7 Å². The van der Waals surface area contributed by atoms with Crippen molar-refractivity contribution < 1.29 is 80.5 Å². The smallest absolute Gasteiger partial charge is 0.386 e. The predicted octanol–water partition coefficient (Wildman–Crippen LogP) is -0.759. The summed E-state index contributed by atoms with van der Waals surface area (Å²) in [6, 6.07) is 0. The first kappa shape index (κ1) is 44.7. The molecule has 3 rings (SSSR count). The number of phosphoric acid groups is 3. The highest BCUT2D eigenvalue weighted by Gasteiger charge is 2.50. The van der Waals surface area contributed by atoms with E-state index in [9.17, 15) is 57.9 Å². The van der Waals surface area contributed by atoms with E-state index in [4.69, 9.17) is 19.5 Å². The molecule has 1 aliphatic rings. The van der Waals surface area contributed by atoms with Crippen LogP contribution in [-0.2, 0) is 50.7 Å². The summed E-state index contributed by atoms with van der Waals surface area (Å²) in [4.78, 5) is 86.7. The Balaban J connectivity index is 1.52. The maximum Gasteiger partial charge on any atom is 0.481 e. The average molecular weight is 836 g/mol. The van der Waals surface area contributed by atoms with Gasteiger partial charge in [-0.15, -0.1) is 0 Å². The number of imidazole rings is 1. The van der Waals surface area contributed by atoms with E-state index in [1.165, 1.54) is 19.9 Å². The number of hydrogen-bond donors (Lipinski definition) is 9. The number of nitrogen functional groups attached to an aromatic ring is 1. The lowest BCUT2D eigenvalue weighted by atomic mass is 9.87. The first-order valence-corrected chi connectivity index (χ1v) is 20.7. The number of aromatic nitrogens is 4. The van der Waals surface area contributed by atoms with Gasteiger partial charge in [-0.1, -0.05) is 31.7 Å². The predicted molar refractivity (Wildman–Crippen MR) is 182 cm³/mol. The molecule has 24 nitrogen and oxygen atoms in total. The van der Waals surface area contributed by atoms with Crippen LogP contribution in [0.1, 0.15) is 33.4 Å². The van der Waals surface area contributed by atoms with Crippen LogP contribution in [0.5, 0.6) is 0 Å². The van der Waals surface area contributed by atoms with Crippen LogP contribution in [0.25, 0.3) is 11.2 Å². The van der Waals surface area contributed by atoms with E-state index in [-0.39, 0.29) is 41.6 Å². The van der Waals surface area contributed by atoms with Crippen LogP contribution < -0.4 is 16.4 Å². The Bertz CT molecular complexity index is 1790. The first-order valence-electron chi connectivity index (χ1n) is 15.2. The zero-order valence-electron chi connectivity index (χ0n) is 28.2. The Morgan fingerprint density at radius 3 is 2.43 bits per heavy atom. The molecule has 1 aliphatic heterocycles. The highest BCUT2D eigenvalue weighted by Crippen LogP contribution is 2.61. The van der Waals surface area contributed by atoms with Crippen molar-refractivity contribution in [2.45, 2.75) is 57.8 Å². The quantitative estimate of drug-likeness (QED) is 0.0449. The lowest BCUT2D eigenvalue weighted by Gasteiger charge is -2.30. The largest absolute Gasteiger partial charge is 0.481 e. The number of thioether (sulfide) groups is 1. The van der Waals surface area contributed by atoms with E-state index in [2.05, 4.69) is 34.4 Å². The summed E-state index contributed by atoms with van der Waals surface area (Å²) in [6.07, 6.45) is -3.94. The minimum Gasteiger partial charge on any atom is -0.386 e. The van der Waals surface area contributed by atoms with Crippen LogP contribution in [0.4, 0.5) is 5.82 Å². The number of anilines is 1. The van der Waals surface area contributed by atoms with Crippen LogP contribution >= 0.6 is 35.2 Å². The fourth-order valence-electron chi connectivity index (χ4n) is 4.47. The number of carbonyl (C=O) groups excluding carboxylic acids is 3. The number of phosphoric ester groups is 3. The van der Waals surface area contributed by atoms with Gasteiger partial charge in [-0.3, -0.25) is 32.5 Å². The van der Waals surface area contributed by atoms with Crippen molar-refractivity contribution in [3.63, 3.8) is 0 Å². The van der Waals surface area contributed by atoms with E-state index in [0.29, 0.717) is 5.75 Å². The minimum absolute atomic E-state index is 0.0300. The zero-order chi connectivity index (χ0) is 39.8. The molecule has 1 saturated heterocycles. The summed E-state index contributed by atoms with van der Waals surface area (Å²) in [7, 11) is -16.4. The molecule has 2 aromatic heterocycles. The van der Waals surface area contributed by atoms with E-state index in [1.807, 2.05) is 0 Å². The number of aliphatic hydroxyl groups is 2. The number of nitrogens with two attached hydrogens (primary N) is 1. The van der Waals surface area contributed by atoms with Crippen molar-refractivity contribution in [1.29, 1.82) is 0 Å². The number of fused-ring (bicyclic) bond motifs is 1. The molecule has 3 heterocycles. The lowest BCUT2D eigenvalue weighted by Crippen LogP contribution is -2.46. The van der Waals surface area contributed by atoms with Crippen LogP contribution in [0, 0.1) is 5.41 Å². The monoisotopic (exact) mass is 835 g/mol. The van der Waals surface area contributed by atoms with Gasteiger partial charge >= 0.3 is 23.5 Å². The van der Waals surface area contributed by atoms with Crippen LogP contribution in [-0.4, -0.2) is 123 Å². The summed E-state index contributed by atoms with van der Waals surface area (Å²) >= 11 is 1.01. The maximum absolute atomic E-state index is 12.6. The lowest BCUT2D eigenvalue weighted by molar-refractivity contribution is -0.137. The Kier molecular flexibility index (Phi) is 15.8. The topological polar surface area (TPSA) is 364 Å². The van der Waals surface area contributed by atoms with Gasteiger partial charge in [-0.25, -0.2) is 28.6 Å². The third-order valence-electron chi connectivity index (χ3n) is 7.05. The van der Waals surface area contributed by atoms with Gasteiger partial charge in [-0.05, 0) is 13.0 Å². The van der Waals surface area contributed by atoms with Crippen LogP contribution in [0.3, 0.4) is 0 Å². The van der Waals surface area contributed by atoms with Crippen molar-refractivity contribution in [3.8, 4) is 0 Å². The number of nitrogens with one attached hydrogen (secondary N) is 2. The number of aliphatic hydroxyl groups excluding tert-OH is 2. The van der Waals surface area contributed by atoms with Crippen molar-refractivity contribution in [2.24, 2.45) is 5.41 Å². The van der Waals surface area contributed by atoms with E-state index in [1.54, 1.807) is 13.0 Å². The average Bonchev–Trinajstić information content (AvgIpc) is 3.61. The molecule has 3 unspecified atom stereocenters. The first-order chi connectivity index (χ1) is 24.6. The van der Waals surface area contributed by atoms with Gasteiger partial charge in [-0.2, -0.15) is 4.31 Å². The zero-order valence-corrected chi connectivity index (χ0v) is 31.7.